The Morgan fingerprint density at radius 3 is 2.63 bits per heavy atom. The number of halogens is 1. The molecule has 0 saturated carbocycles. The maximum Gasteiger partial charge on any atom is 0.229 e. The van der Waals surface area contributed by atoms with Crippen molar-refractivity contribution in [1.82, 2.24) is 9.80 Å². The summed E-state index contributed by atoms with van der Waals surface area (Å²) in [6, 6.07) is 20.0. The molecule has 2 aromatic carbocycles. The van der Waals surface area contributed by atoms with Crippen molar-refractivity contribution < 1.29 is 4.79 Å². The van der Waals surface area contributed by atoms with Gasteiger partial charge in [0, 0.05) is 23.9 Å². The van der Waals surface area contributed by atoms with Gasteiger partial charge in [0.15, 0.2) is 0 Å². The summed E-state index contributed by atoms with van der Waals surface area (Å²) in [7, 11) is 0. The number of carbonyl (C=O) groups is 1. The average molecular weight is 396 g/mol. The highest BCUT2D eigenvalue weighted by Gasteiger charge is 2.38. The molecular formula is C21H18ClN3OS. The molecule has 0 aromatic heterocycles. The van der Waals surface area contributed by atoms with Gasteiger partial charge in [0.2, 0.25) is 5.91 Å². The second-order valence-electron chi connectivity index (χ2n) is 6.66. The van der Waals surface area contributed by atoms with Gasteiger partial charge in [-0.25, -0.2) is 0 Å². The van der Waals surface area contributed by atoms with Crippen LogP contribution in [0.5, 0.6) is 0 Å². The normalized spacial score (nSPS) is 20.4. The summed E-state index contributed by atoms with van der Waals surface area (Å²) in [6.07, 6.45) is 0.274. The van der Waals surface area contributed by atoms with Crippen molar-refractivity contribution in [1.29, 1.82) is 5.26 Å². The Labute approximate surface area is 168 Å². The zero-order valence-electron chi connectivity index (χ0n) is 14.6. The fourth-order valence-electron chi connectivity index (χ4n) is 3.57. The van der Waals surface area contributed by atoms with Gasteiger partial charge in [-0.3, -0.25) is 14.6 Å². The highest BCUT2D eigenvalue weighted by atomic mass is 35.5. The highest BCUT2D eigenvalue weighted by molar-refractivity contribution is 8.03. The minimum Gasteiger partial charge on any atom is -0.292 e. The average Bonchev–Trinajstić information content (AvgIpc) is 2.69. The number of amides is 1. The first-order valence-electron chi connectivity index (χ1n) is 8.75. The molecule has 1 amide bonds. The van der Waals surface area contributed by atoms with Crippen LogP contribution in [-0.4, -0.2) is 28.3 Å². The highest BCUT2D eigenvalue weighted by Crippen LogP contribution is 2.44. The van der Waals surface area contributed by atoms with E-state index < -0.39 is 0 Å². The lowest BCUT2D eigenvalue weighted by molar-refractivity contribution is -0.131. The van der Waals surface area contributed by atoms with E-state index in [2.05, 4.69) is 23.1 Å². The van der Waals surface area contributed by atoms with Crippen LogP contribution >= 0.6 is 23.4 Å². The molecule has 1 saturated heterocycles. The summed E-state index contributed by atoms with van der Waals surface area (Å²) in [6.45, 7) is 1.29. The van der Waals surface area contributed by atoms with Crippen molar-refractivity contribution in [2.24, 2.45) is 0 Å². The molecule has 4 nitrogen and oxygen atoms in total. The second kappa shape index (κ2) is 7.77. The topological polar surface area (TPSA) is 47.3 Å². The van der Waals surface area contributed by atoms with Crippen LogP contribution in [-0.2, 0) is 11.3 Å². The number of carbonyl (C=O) groups excluding carboxylic acids is 1. The molecule has 136 valence electrons. The number of thioether (sulfide) groups is 1. The number of fused-ring (bicyclic) bond motifs is 1. The molecule has 0 aliphatic carbocycles. The van der Waals surface area contributed by atoms with Gasteiger partial charge in [0.05, 0.1) is 29.2 Å². The van der Waals surface area contributed by atoms with Crippen LogP contribution < -0.4 is 0 Å². The van der Waals surface area contributed by atoms with E-state index >= 15 is 0 Å². The van der Waals surface area contributed by atoms with Crippen LogP contribution in [0.15, 0.2) is 65.2 Å². The zero-order chi connectivity index (χ0) is 18.8. The number of allylic oxidation sites excluding steroid dienone is 1. The van der Waals surface area contributed by atoms with Gasteiger partial charge in [-0.1, -0.05) is 71.9 Å². The van der Waals surface area contributed by atoms with E-state index in [-0.39, 0.29) is 18.2 Å². The maximum atomic E-state index is 12.9. The monoisotopic (exact) mass is 395 g/mol. The van der Waals surface area contributed by atoms with Crippen molar-refractivity contribution in [3.8, 4) is 6.07 Å². The van der Waals surface area contributed by atoms with Crippen molar-refractivity contribution >= 4 is 29.3 Å². The lowest BCUT2D eigenvalue weighted by atomic mass is 9.86. The SMILES string of the molecule is N#CC1=C2SCN(Cc3ccccc3)CN2C(=O)CC1c1ccccc1Cl. The molecule has 2 aliphatic rings. The van der Waals surface area contributed by atoms with Gasteiger partial charge in [0.25, 0.3) is 0 Å². The van der Waals surface area contributed by atoms with Gasteiger partial charge in [0.1, 0.15) is 0 Å². The van der Waals surface area contributed by atoms with E-state index in [9.17, 15) is 10.1 Å². The minimum atomic E-state index is -0.268. The van der Waals surface area contributed by atoms with Crippen LogP contribution in [0.4, 0.5) is 0 Å². The Balaban J connectivity index is 1.61. The molecule has 0 N–H and O–H groups in total. The van der Waals surface area contributed by atoms with Gasteiger partial charge >= 0.3 is 0 Å². The second-order valence-corrected chi connectivity index (χ2v) is 8.00. The van der Waals surface area contributed by atoms with E-state index in [0.717, 1.165) is 23.0 Å². The van der Waals surface area contributed by atoms with Gasteiger partial charge in [-0.05, 0) is 17.2 Å². The summed E-state index contributed by atoms with van der Waals surface area (Å²) in [4.78, 5) is 16.8. The molecule has 27 heavy (non-hydrogen) atoms. The first-order chi connectivity index (χ1) is 13.2. The van der Waals surface area contributed by atoms with E-state index in [4.69, 9.17) is 11.6 Å². The van der Waals surface area contributed by atoms with Crippen molar-refractivity contribution in [3.63, 3.8) is 0 Å². The Kier molecular flexibility index (Phi) is 5.22. The van der Waals surface area contributed by atoms with E-state index in [0.29, 0.717) is 17.3 Å². The third-order valence-corrected chi connectivity index (χ3v) is 6.43. The molecule has 1 fully saturated rings. The number of rotatable bonds is 3. The van der Waals surface area contributed by atoms with E-state index in [1.807, 2.05) is 42.5 Å². The molecule has 2 heterocycles. The maximum absolute atomic E-state index is 12.9. The summed E-state index contributed by atoms with van der Waals surface area (Å²) < 4.78 is 0. The van der Waals surface area contributed by atoms with Gasteiger partial charge < -0.3 is 0 Å². The van der Waals surface area contributed by atoms with Gasteiger partial charge in [-0.2, -0.15) is 5.26 Å². The molecule has 0 bridgehead atoms. The molecule has 0 spiro atoms. The molecule has 0 radical (unpaired) electrons. The lowest BCUT2D eigenvalue weighted by Crippen LogP contribution is -2.46. The van der Waals surface area contributed by atoms with E-state index in [1.165, 1.54) is 5.56 Å². The summed E-state index contributed by atoms with van der Waals surface area (Å²) >= 11 is 7.90. The Morgan fingerprint density at radius 1 is 1.15 bits per heavy atom. The van der Waals surface area contributed by atoms with E-state index in [1.54, 1.807) is 16.7 Å². The molecular weight excluding hydrogens is 378 g/mol. The smallest absolute Gasteiger partial charge is 0.229 e. The lowest BCUT2D eigenvalue weighted by Gasteiger charge is -2.41. The van der Waals surface area contributed by atoms with Crippen LogP contribution in [0.2, 0.25) is 5.02 Å². The van der Waals surface area contributed by atoms with Crippen LogP contribution in [0.25, 0.3) is 0 Å². The predicted molar refractivity (Wildman–Crippen MR) is 108 cm³/mol. The third kappa shape index (κ3) is 3.61. The molecule has 1 atom stereocenters. The minimum absolute atomic E-state index is 0.0409. The summed E-state index contributed by atoms with van der Waals surface area (Å²) in [5, 5.41) is 11.2. The number of benzene rings is 2. The largest absolute Gasteiger partial charge is 0.292 e. The number of nitrogens with zero attached hydrogens (tertiary/aromatic N) is 3. The Hall–Kier alpha value is -2.26. The molecule has 6 heteroatoms. The standard InChI is InChI=1S/C21H18ClN3OS/c22-19-9-5-4-8-16(19)17-10-20(26)25-13-24(12-15-6-2-1-3-7-15)14-27-21(25)18(17)11-23/h1-9,17H,10,12-14H2. The molecule has 1 unspecified atom stereocenters. The Bertz CT molecular complexity index is 938. The van der Waals surface area contributed by atoms with Crippen LogP contribution in [0, 0.1) is 11.3 Å². The molecule has 2 aliphatic heterocycles. The Morgan fingerprint density at radius 2 is 1.89 bits per heavy atom. The fraction of sp³-hybridized carbons (Fsp3) is 0.238. The quantitative estimate of drug-likeness (QED) is 0.764. The fourth-order valence-corrected chi connectivity index (χ4v) is 4.98. The summed E-state index contributed by atoms with van der Waals surface area (Å²) in [5.41, 5.74) is 2.71. The number of nitriles is 1. The number of hydrogen-bond acceptors (Lipinski definition) is 4. The molecule has 4 rings (SSSR count). The first-order valence-corrected chi connectivity index (χ1v) is 10.1. The summed E-state index contributed by atoms with van der Waals surface area (Å²) in [5.74, 6) is 0.517. The van der Waals surface area contributed by atoms with Crippen LogP contribution in [0.1, 0.15) is 23.5 Å². The number of hydrogen-bond donors (Lipinski definition) is 0. The predicted octanol–water partition coefficient (Wildman–Crippen LogP) is 4.56. The van der Waals surface area contributed by atoms with Crippen molar-refractivity contribution in [3.05, 3.63) is 81.3 Å². The first kappa shape index (κ1) is 18.1. The van der Waals surface area contributed by atoms with Crippen LogP contribution in [0.3, 0.4) is 0 Å². The zero-order valence-corrected chi connectivity index (χ0v) is 16.2. The van der Waals surface area contributed by atoms with Crippen molar-refractivity contribution in [2.75, 3.05) is 12.5 Å². The van der Waals surface area contributed by atoms with Crippen molar-refractivity contribution in [2.45, 2.75) is 18.9 Å². The van der Waals surface area contributed by atoms with Gasteiger partial charge in [-0.15, -0.1) is 0 Å². The molecule has 2 aromatic rings. The third-order valence-electron chi connectivity index (χ3n) is 4.88.